The van der Waals surface area contributed by atoms with Crippen molar-refractivity contribution in [3.8, 4) is 0 Å². The summed E-state index contributed by atoms with van der Waals surface area (Å²) < 4.78 is 0. The zero-order valence-corrected chi connectivity index (χ0v) is 9.78. The monoisotopic (exact) mass is 264 g/mol. The first-order chi connectivity index (χ1) is 7.20. The van der Waals surface area contributed by atoms with Crippen molar-refractivity contribution in [2.45, 2.75) is 12.3 Å². The molecule has 0 spiro atoms. The van der Waals surface area contributed by atoms with Gasteiger partial charge < -0.3 is 0 Å². The van der Waals surface area contributed by atoms with Crippen molar-refractivity contribution in [3.63, 3.8) is 0 Å². The lowest BCUT2D eigenvalue weighted by Crippen LogP contribution is -1.94. The molecule has 0 unspecified atom stereocenters. The maximum atomic E-state index is 11.2. The average Bonchev–Trinajstić information content (AvgIpc) is 2.27. The number of alkyl halides is 1. The van der Waals surface area contributed by atoms with Crippen LogP contribution in [0.3, 0.4) is 0 Å². The summed E-state index contributed by atoms with van der Waals surface area (Å²) in [5.74, 6) is 0.0447. The number of rotatable bonds is 2. The number of nitrogens with zero attached hydrogens (tertiary/aromatic N) is 2. The summed E-state index contributed by atoms with van der Waals surface area (Å²) in [4.78, 5) is 19.8. The molecule has 0 bridgehead atoms. The first-order valence-electron chi connectivity index (χ1n) is 4.53. The van der Waals surface area contributed by atoms with Crippen molar-refractivity contribution < 1.29 is 4.79 Å². The number of hydrogen-bond acceptors (Lipinski definition) is 3. The van der Waals surface area contributed by atoms with Gasteiger partial charge in [0.05, 0.1) is 16.7 Å². The average molecular weight is 265 g/mol. The van der Waals surface area contributed by atoms with Crippen LogP contribution < -0.4 is 0 Å². The van der Waals surface area contributed by atoms with E-state index in [9.17, 15) is 4.79 Å². The highest BCUT2D eigenvalue weighted by molar-refractivity contribution is 9.08. The van der Waals surface area contributed by atoms with Crippen molar-refractivity contribution in [1.82, 2.24) is 9.97 Å². The van der Waals surface area contributed by atoms with E-state index in [0.29, 0.717) is 10.9 Å². The molecular weight excluding hydrogens is 256 g/mol. The number of halogens is 1. The zero-order chi connectivity index (χ0) is 10.8. The fourth-order valence-electron chi connectivity index (χ4n) is 1.33. The van der Waals surface area contributed by atoms with Crippen LogP contribution >= 0.6 is 15.9 Å². The molecule has 0 saturated carbocycles. The van der Waals surface area contributed by atoms with Gasteiger partial charge in [-0.25, -0.2) is 4.98 Å². The van der Waals surface area contributed by atoms with Gasteiger partial charge in [-0.05, 0) is 25.1 Å². The van der Waals surface area contributed by atoms with E-state index in [2.05, 4.69) is 25.9 Å². The zero-order valence-electron chi connectivity index (χ0n) is 8.20. The Hall–Kier alpha value is -1.29. The molecule has 0 aliphatic heterocycles. The Balaban J connectivity index is 2.59. The van der Waals surface area contributed by atoms with Gasteiger partial charge in [-0.1, -0.05) is 15.9 Å². The summed E-state index contributed by atoms with van der Waals surface area (Å²) in [6.07, 6.45) is 1.71. The lowest BCUT2D eigenvalue weighted by atomic mass is 10.1. The minimum absolute atomic E-state index is 0.0447. The third-order valence-electron chi connectivity index (χ3n) is 2.14. The lowest BCUT2D eigenvalue weighted by Gasteiger charge is -2.00. The summed E-state index contributed by atoms with van der Waals surface area (Å²) in [5, 5.41) is 0.685. The van der Waals surface area contributed by atoms with Gasteiger partial charge in [-0.3, -0.25) is 9.78 Å². The molecule has 0 N–H and O–H groups in total. The molecule has 4 heteroatoms. The SMILES string of the molecule is CC(=O)c1ccc2nc(CBr)cnc2c1. The number of hydrogen-bond donors (Lipinski definition) is 0. The molecule has 0 amide bonds. The van der Waals surface area contributed by atoms with Crippen LogP contribution in [0, 0.1) is 0 Å². The first kappa shape index (κ1) is 10.2. The summed E-state index contributed by atoms with van der Waals surface area (Å²) in [6.45, 7) is 1.54. The van der Waals surface area contributed by atoms with Crippen LogP contribution in [0.15, 0.2) is 24.4 Å². The summed E-state index contributed by atoms with van der Waals surface area (Å²) in [7, 11) is 0. The standard InChI is InChI=1S/C11H9BrN2O/c1-7(15)8-2-3-10-11(4-8)13-6-9(5-12)14-10/h2-4,6H,5H2,1H3. The molecule has 0 saturated heterocycles. The Bertz CT molecular complexity index is 525. The minimum atomic E-state index is 0.0447. The largest absolute Gasteiger partial charge is 0.295 e. The van der Waals surface area contributed by atoms with Crippen molar-refractivity contribution in [2.75, 3.05) is 0 Å². The summed E-state index contributed by atoms with van der Waals surface area (Å²) >= 11 is 3.32. The maximum absolute atomic E-state index is 11.2. The van der Waals surface area contributed by atoms with Crippen LogP contribution in [0.2, 0.25) is 0 Å². The Morgan fingerprint density at radius 3 is 2.87 bits per heavy atom. The molecule has 1 aromatic heterocycles. The highest BCUT2D eigenvalue weighted by atomic mass is 79.9. The molecule has 0 aliphatic rings. The van der Waals surface area contributed by atoms with Gasteiger partial charge in [0.15, 0.2) is 5.78 Å². The summed E-state index contributed by atoms with van der Waals surface area (Å²) in [5.41, 5.74) is 3.13. The quantitative estimate of drug-likeness (QED) is 0.619. The van der Waals surface area contributed by atoms with Crippen LogP contribution in [-0.4, -0.2) is 15.8 Å². The van der Waals surface area contributed by atoms with Gasteiger partial charge >= 0.3 is 0 Å². The normalized spacial score (nSPS) is 10.5. The topological polar surface area (TPSA) is 42.9 Å². The highest BCUT2D eigenvalue weighted by Crippen LogP contribution is 2.13. The van der Waals surface area contributed by atoms with E-state index in [1.165, 1.54) is 0 Å². The van der Waals surface area contributed by atoms with Crippen LogP contribution in [-0.2, 0) is 5.33 Å². The second kappa shape index (κ2) is 4.06. The van der Waals surface area contributed by atoms with Crippen LogP contribution in [0.4, 0.5) is 0 Å². The lowest BCUT2D eigenvalue weighted by molar-refractivity contribution is 0.101. The second-order valence-corrected chi connectivity index (χ2v) is 3.82. The van der Waals surface area contributed by atoms with Gasteiger partial charge in [-0.15, -0.1) is 0 Å². The Labute approximate surface area is 95.7 Å². The molecule has 0 fully saturated rings. The van der Waals surface area contributed by atoms with Crippen molar-refractivity contribution in [1.29, 1.82) is 0 Å². The smallest absolute Gasteiger partial charge is 0.159 e. The van der Waals surface area contributed by atoms with Gasteiger partial charge in [0, 0.05) is 17.1 Å². The van der Waals surface area contributed by atoms with Gasteiger partial charge in [0.25, 0.3) is 0 Å². The van der Waals surface area contributed by atoms with Crippen molar-refractivity contribution in [2.24, 2.45) is 0 Å². The number of fused-ring (bicyclic) bond motifs is 1. The van der Waals surface area contributed by atoms with Crippen LogP contribution in [0.25, 0.3) is 11.0 Å². The third-order valence-corrected chi connectivity index (χ3v) is 2.71. The van der Waals surface area contributed by atoms with E-state index in [1.54, 1.807) is 25.3 Å². The molecule has 1 aromatic carbocycles. The molecule has 1 heterocycles. The van der Waals surface area contributed by atoms with E-state index in [0.717, 1.165) is 16.7 Å². The molecule has 0 aliphatic carbocycles. The number of carbonyl (C=O) groups excluding carboxylic acids is 1. The van der Waals surface area contributed by atoms with Gasteiger partial charge in [0.1, 0.15) is 0 Å². The molecule has 15 heavy (non-hydrogen) atoms. The van der Waals surface area contributed by atoms with Gasteiger partial charge in [-0.2, -0.15) is 0 Å². The molecule has 0 radical (unpaired) electrons. The molecule has 76 valence electrons. The maximum Gasteiger partial charge on any atom is 0.159 e. The Kier molecular flexibility index (Phi) is 2.77. The second-order valence-electron chi connectivity index (χ2n) is 3.25. The predicted octanol–water partition coefficient (Wildman–Crippen LogP) is 2.73. The van der Waals surface area contributed by atoms with Gasteiger partial charge in [0.2, 0.25) is 0 Å². The minimum Gasteiger partial charge on any atom is -0.295 e. The highest BCUT2D eigenvalue weighted by Gasteiger charge is 2.03. The van der Waals surface area contributed by atoms with E-state index in [4.69, 9.17) is 0 Å². The fourth-order valence-corrected chi connectivity index (χ4v) is 1.60. The number of benzene rings is 1. The van der Waals surface area contributed by atoms with Crippen molar-refractivity contribution in [3.05, 3.63) is 35.7 Å². The van der Waals surface area contributed by atoms with Crippen molar-refractivity contribution >= 4 is 32.7 Å². The molecule has 0 atom stereocenters. The number of ketones is 1. The van der Waals surface area contributed by atoms with Crippen LogP contribution in [0.1, 0.15) is 23.0 Å². The Morgan fingerprint density at radius 2 is 2.20 bits per heavy atom. The third kappa shape index (κ3) is 2.04. The van der Waals surface area contributed by atoms with E-state index < -0.39 is 0 Å². The summed E-state index contributed by atoms with van der Waals surface area (Å²) in [6, 6.07) is 5.37. The molecule has 3 nitrogen and oxygen atoms in total. The first-order valence-corrected chi connectivity index (χ1v) is 5.65. The Morgan fingerprint density at radius 1 is 1.40 bits per heavy atom. The number of carbonyl (C=O) groups is 1. The number of aromatic nitrogens is 2. The van der Waals surface area contributed by atoms with E-state index in [-0.39, 0.29) is 5.78 Å². The molecule has 2 aromatic rings. The molecule has 2 rings (SSSR count). The number of Topliss-reactive ketones (excluding diaryl/α,β-unsaturated/α-hetero) is 1. The van der Waals surface area contributed by atoms with Crippen LogP contribution in [0.5, 0.6) is 0 Å². The van der Waals surface area contributed by atoms with E-state index >= 15 is 0 Å². The predicted molar refractivity (Wildman–Crippen MR) is 62.2 cm³/mol. The molecular formula is C11H9BrN2O. The van der Waals surface area contributed by atoms with E-state index in [1.807, 2.05) is 6.07 Å². The fraction of sp³-hybridized carbons (Fsp3) is 0.182.